The molecule has 0 aromatic heterocycles. The van der Waals surface area contributed by atoms with E-state index in [0.717, 1.165) is 37.2 Å². The van der Waals surface area contributed by atoms with Gasteiger partial charge in [-0.25, -0.2) is 0 Å². The minimum atomic E-state index is 0.207. The first-order valence-corrected chi connectivity index (χ1v) is 9.37. The van der Waals surface area contributed by atoms with Crippen LogP contribution in [0, 0.1) is 6.92 Å². The Morgan fingerprint density at radius 3 is 2.88 bits per heavy atom. The van der Waals surface area contributed by atoms with Crippen molar-refractivity contribution in [1.29, 1.82) is 0 Å². The normalized spacial score (nSPS) is 16.7. The van der Waals surface area contributed by atoms with E-state index >= 15 is 0 Å². The first-order chi connectivity index (χ1) is 12.7. The Bertz CT molecular complexity index is 744. The van der Waals surface area contributed by atoms with Crippen molar-refractivity contribution in [2.24, 2.45) is 0 Å². The zero-order valence-electron chi connectivity index (χ0n) is 15.7. The van der Waals surface area contributed by atoms with Crippen molar-refractivity contribution < 1.29 is 9.53 Å². The van der Waals surface area contributed by atoms with E-state index in [1.165, 1.54) is 11.1 Å². The van der Waals surface area contributed by atoms with E-state index in [1.54, 1.807) is 0 Å². The number of hydrogen-bond acceptors (Lipinski definition) is 3. The van der Waals surface area contributed by atoms with Crippen molar-refractivity contribution in [2.45, 2.75) is 38.8 Å². The van der Waals surface area contributed by atoms with E-state index in [-0.39, 0.29) is 5.91 Å². The number of amides is 1. The number of carbonyl (C=O) groups excluding carboxylic acids is 1. The lowest BCUT2D eigenvalue weighted by Crippen LogP contribution is -2.41. The lowest BCUT2D eigenvalue weighted by atomic mass is 10.1. The van der Waals surface area contributed by atoms with E-state index in [0.29, 0.717) is 19.1 Å². The number of aryl methyl sites for hydroxylation is 1. The highest BCUT2D eigenvalue weighted by atomic mass is 16.5. The molecule has 1 fully saturated rings. The van der Waals surface area contributed by atoms with Gasteiger partial charge in [-0.1, -0.05) is 36.4 Å². The third-order valence-corrected chi connectivity index (χ3v) is 5.05. The summed E-state index contributed by atoms with van der Waals surface area (Å²) in [6, 6.07) is 16.5. The van der Waals surface area contributed by atoms with Crippen LogP contribution in [0.15, 0.2) is 48.5 Å². The molecular weight excluding hydrogens is 324 g/mol. The smallest absolute Gasteiger partial charge is 0.227 e. The number of hydrogen-bond donors (Lipinski definition) is 1. The van der Waals surface area contributed by atoms with Gasteiger partial charge in [0.25, 0.3) is 0 Å². The van der Waals surface area contributed by atoms with E-state index < -0.39 is 0 Å². The highest BCUT2D eigenvalue weighted by molar-refractivity contribution is 5.79. The Hall–Kier alpha value is -2.33. The quantitative estimate of drug-likeness (QED) is 0.831. The van der Waals surface area contributed by atoms with Crippen LogP contribution in [0.25, 0.3) is 0 Å². The van der Waals surface area contributed by atoms with E-state index in [4.69, 9.17) is 4.74 Å². The average Bonchev–Trinajstić information content (AvgIpc) is 3.10. The topological polar surface area (TPSA) is 41.6 Å². The van der Waals surface area contributed by atoms with Gasteiger partial charge in [0.05, 0.1) is 6.42 Å². The Balaban J connectivity index is 1.60. The second-order valence-corrected chi connectivity index (χ2v) is 6.98. The summed E-state index contributed by atoms with van der Waals surface area (Å²) in [5, 5.41) is 3.19. The van der Waals surface area contributed by atoms with Crippen molar-refractivity contribution >= 4 is 5.91 Å². The molecule has 4 nitrogen and oxygen atoms in total. The number of rotatable bonds is 7. The standard InChI is InChI=1S/C22H28N2O2/c1-17-7-3-4-9-19(17)16-26-21-11-5-8-18(13-21)14-22(25)24-12-6-10-20(24)15-23-2/h3-5,7-9,11,13,20,23H,6,10,12,14-16H2,1-2H3. The van der Waals surface area contributed by atoms with Crippen LogP contribution >= 0.6 is 0 Å². The van der Waals surface area contributed by atoms with Crippen molar-refractivity contribution in [3.63, 3.8) is 0 Å². The molecule has 2 aromatic carbocycles. The van der Waals surface area contributed by atoms with Gasteiger partial charge in [0.1, 0.15) is 12.4 Å². The van der Waals surface area contributed by atoms with Crippen LogP contribution in [0.1, 0.15) is 29.5 Å². The van der Waals surface area contributed by atoms with Gasteiger partial charge in [0.15, 0.2) is 0 Å². The van der Waals surface area contributed by atoms with Gasteiger partial charge in [0.2, 0.25) is 5.91 Å². The SMILES string of the molecule is CNCC1CCCN1C(=O)Cc1cccc(OCc2ccccc2C)c1. The molecule has 138 valence electrons. The zero-order chi connectivity index (χ0) is 18.4. The molecule has 0 spiro atoms. The molecule has 1 aliphatic rings. The summed E-state index contributed by atoms with van der Waals surface area (Å²) in [6.07, 6.45) is 2.62. The number of benzene rings is 2. The summed E-state index contributed by atoms with van der Waals surface area (Å²) in [4.78, 5) is 14.7. The maximum Gasteiger partial charge on any atom is 0.227 e. The Labute approximate surface area is 156 Å². The summed E-state index contributed by atoms with van der Waals surface area (Å²) < 4.78 is 5.95. The lowest BCUT2D eigenvalue weighted by Gasteiger charge is -2.24. The molecule has 1 atom stereocenters. The van der Waals surface area contributed by atoms with E-state index in [1.807, 2.05) is 48.3 Å². The predicted molar refractivity (Wildman–Crippen MR) is 104 cm³/mol. The molecule has 1 heterocycles. The number of likely N-dealkylation sites (N-methyl/N-ethyl adjacent to an activating group) is 1. The minimum Gasteiger partial charge on any atom is -0.489 e. The van der Waals surface area contributed by atoms with Crippen LogP contribution in [-0.4, -0.2) is 37.0 Å². The van der Waals surface area contributed by atoms with Crippen LogP contribution in [0.4, 0.5) is 0 Å². The molecular formula is C22H28N2O2. The molecule has 0 saturated carbocycles. The minimum absolute atomic E-state index is 0.207. The third kappa shape index (κ3) is 4.64. The molecule has 3 rings (SSSR count). The lowest BCUT2D eigenvalue weighted by molar-refractivity contribution is -0.131. The maximum absolute atomic E-state index is 12.7. The maximum atomic E-state index is 12.7. The Morgan fingerprint density at radius 1 is 1.23 bits per heavy atom. The van der Waals surface area contributed by atoms with Gasteiger partial charge >= 0.3 is 0 Å². The summed E-state index contributed by atoms with van der Waals surface area (Å²) in [5.74, 6) is 1.02. The molecule has 1 amide bonds. The summed E-state index contributed by atoms with van der Waals surface area (Å²) in [7, 11) is 1.94. The van der Waals surface area contributed by atoms with E-state index in [2.05, 4.69) is 24.4 Å². The molecule has 0 aliphatic carbocycles. The van der Waals surface area contributed by atoms with Gasteiger partial charge in [-0.15, -0.1) is 0 Å². The van der Waals surface area contributed by atoms with Crippen molar-refractivity contribution in [3.8, 4) is 5.75 Å². The largest absolute Gasteiger partial charge is 0.489 e. The molecule has 1 aliphatic heterocycles. The highest BCUT2D eigenvalue weighted by Gasteiger charge is 2.27. The highest BCUT2D eigenvalue weighted by Crippen LogP contribution is 2.20. The fourth-order valence-electron chi connectivity index (χ4n) is 3.57. The predicted octanol–water partition coefficient (Wildman–Crippen LogP) is 3.33. The zero-order valence-corrected chi connectivity index (χ0v) is 15.7. The van der Waals surface area contributed by atoms with Gasteiger partial charge in [-0.3, -0.25) is 4.79 Å². The fraction of sp³-hybridized carbons (Fsp3) is 0.409. The Kier molecular flexibility index (Phi) is 6.29. The summed E-state index contributed by atoms with van der Waals surface area (Å²) in [6.45, 7) is 4.37. The first kappa shape index (κ1) is 18.5. The van der Waals surface area contributed by atoms with Crippen molar-refractivity contribution in [2.75, 3.05) is 20.1 Å². The number of likely N-dealkylation sites (tertiary alicyclic amines) is 1. The summed E-state index contributed by atoms with van der Waals surface area (Å²) >= 11 is 0. The molecule has 0 radical (unpaired) electrons. The molecule has 1 saturated heterocycles. The third-order valence-electron chi connectivity index (χ3n) is 5.05. The molecule has 1 unspecified atom stereocenters. The molecule has 0 bridgehead atoms. The van der Waals surface area contributed by atoms with Crippen molar-refractivity contribution in [1.82, 2.24) is 10.2 Å². The number of ether oxygens (including phenoxy) is 1. The fourth-order valence-corrected chi connectivity index (χ4v) is 3.57. The van der Waals surface area contributed by atoms with Crippen LogP contribution in [-0.2, 0) is 17.8 Å². The van der Waals surface area contributed by atoms with E-state index in [9.17, 15) is 4.79 Å². The monoisotopic (exact) mass is 352 g/mol. The number of carbonyl (C=O) groups is 1. The summed E-state index contributed by atoms with van der Waals surface area (Å²) in [5.41, 5.74) is 3.41. The average molecular weight is 352 g/mol. The first-order valence-electron chi connectivity index (χ1n) is 9.37. The van der Waals surface area contributed by atoms with Crippen LogP contribution in [0.5, 0.6) is 5.75 Å². The molecule has 2 aromatic rings. The second-order valence-electron chi connectivity index (χ2n) is 6.98. The molecule has 4 heteroatoms. The van der Waals surface area contributed by atoms with Crippen LogP contribution in [0.3, 0.4) is 0 Å². The second kappa shape index (κ2) is 8.86. The van der Waals surface area contributed by atoms with Gasteiger partial charge in [0, 0.05) is 19.1 Å². The molecule has 1 N–H and O–H groups in total. The number of nitrogens with one attached hydrogen (secondary N) is 1. The number of nitrogens with zero attached hydrogens (tertiary/aromatic N) is 1. The Morgan fingerprint density at radius 2 is 2.08 bits per heavy atom. The van der Waals surface area contributed by atoms with Gasteiger partial charge in [-0.05, 0) is 55.6 Å². The van der Waals surface area contributed by atoms with Gasteiger partial charge in [-0.2, -0.15) is 0 Å². The van der Waals surface area contributed by atoms with Gasteiger partial charge < -0.3 is 15.0 Å². The molecule has 26 heavy (non-hydrogen) atoms. The van der Waals surface area contributed by atoms with Crippen LogP contribution in [0.2, 0.25) is 0 Å². The van der Waals surface area contributed by atoms with Crippen LogP contribution < -0.4 is 10.1 Å². The van der Waals surface area contributed by atoms with Crippen molar-refractivity contribution in [3.05, 3.63) is 65.2 Å².